The van der Waals surface area contributed by atoms with E-state index in [1.165, 1.54) is 0 Å². The van der Waals surface area contributed by atoms with Gasteiger partial charge in [0.2, 0.25) is 0 Å². The Labute approximate surface area is 148 Å². The molecule has 0 radical (unpaired) electrons. The van der Waals surface area contributed by atoms with E-state index in [4.69, 9.17) is 0 Å². The van der Waals surface area contributed by atoms with Crippen molar-refractivity contribution in [3.8, 4) is 6.07 Å². The predicted octanol–water partition coefficient (Wildman–Crippen LogP) is 4.16. The summed E-state index contributed by atoms with van der Waals surface area (Å²) in [5.74, 6) is 0. The second-order valence-corrected chi connectivity index (χ2v) is 5.55. The van der Waals surface area contributed by atoms with Crippen LogP contribution in [0.15, 0.2) is 40.6 Å². The Kier molecular flexibility index (Phi) is 5.22. The van der Waals surface area contributed by atoms with E-state index in [1.807, 2.05) is 25.1 Å². The van der Waals surface area contributed by atoms with Crippen LogP contribution in [0.1, 0.15) is 11.1 Å². The van der Waals surface area contributed by atoms with Gasteiger partial charge in [0.25, 0.3) is 5.69 Å². The van der Waals surface area contributed by atoms with Crippen LogP contribution < -0.4 is 4.90 Å². The van der Waals surface area contributed by atoms with Crippen molar-refractivity contribution in [2.45, 2.75) is 6.92 Å². The molecule has 10 heteroatoms. The lowest BCUT2D eigenvalue weighted by Gasteiger charge is -2.13. The number of hydrogen-bond acceptors (Lipinski definition) is 8. The normalized spacial score (nSPS) is 10.5. The van der Waals surface area contributed by atoms with Gasteiger partial charge in [0, 0.05) is 25.8 Å². The van der Waals surface area contributed by atoms with Crippen molar-refractivity contribution in [3.63, 3.8) is 0 Å². The summed E-state index contributed by atoms with van der Waals surface area (Å²) in [7, 11) is 3.77. The molecule has 0 atom stereocenters. The summed E-state index contributed by atoms with van der Waals surface area (Å²) < 4.78 is 0. The van der Waals surface area contributed by atoms with Crippen LogP contribution in [0, 0.1) is 38.5 Å². The topological polar surface area (TPSA) is 138 Å². The lowest BCUT2D eigenvalue weighted by molar-refractivity contribution is -0.393. The fourth-order valence-corrected chi connectivity index (χ4v) is 2.17. The number of azo groups is 1. The Balaban J connectivity index is 2.55. The van der Waals surface area contributed by atoms with Crippen LogP contribution in [-0.2, 0) is 0 Å². The van der Waals surface area contributed by atoms with Crippen LogP contribution >= 0.6 is 0 Å². The minimum absolute atomic E-state index is 0.294. The first-order valence-electron chi connectivity index (χ1n) is 7.31. The Bertz CT molecular complexity index is 962. The van der Waals surface area contributed by atoms with Crippen LogP contribution in [-0.4, -0.2) is 23.9 Å². The van der Waals surface area contributed by atoms with Crippen LogP contribution in [0.5, 0.6) is 0 Å². The van der Waals surface area contributed by atoms with E-state index in [0.717, 1.165) is 23.4 Å². The molecule has 2 aromatic rings. The Morgan fingerprint density at radius 1 is 1.08 bits per heavy atom. The zero-order valence-corrected chi connectivity index (χ0v) is 14.2. The molecular weight excluding hydrogens is 340 g/mol. The van der Waals surface area contributed by atoms with Crippen molar-refractivity contribution in [1.29, 1.82) is 5.26 Å². The number of rotatable bonds is 5. The van der Waals surface area contributed by atoms with Crippen molar-refractivity contribution in [2.24, 2.45) is 10.2 Å². The predicted molar refractivity (Wildman–Crippen MR) is 94.1 cm³/mol. The number of hydrogen-bond donors (Lipinski definition) is 0. The number of benzene rings is 2. The minimum Gasteiger partial charge on any atom is -0.378 e. The second-order valence-electron chi connectivity index (χ2n) is 5.55. The van der Waals surface area contributed by atoms with E-state index >= 15 is 0 Å². The van der Waals surface area contributed by atoms with E-state index in [1.54, 1.807) is 25.1 Å². The summed E-state index contributed by atoms with van der Waals surface area (Å²) >= 11 is 0. The maximum Gasteiger partial charge on any atom is 0.304 e. The summed E-state index contributed by atoms with van der Waals surface area (Å²) in [6.07, 6.45) is 0. The molecule has 0 saturated heterocycles. The first-order valence-corrected chi connectivity index (χ1v) is 7.31. The molecule has 10 nitrogen and oxygen atoms in total. The zero-order chi connectivity index (χ0) is 19.4. The highest BCUT2D eigenvalue weighted by molar-refractivity contribution is 5.70. The summed E-state index contributed by atoms with van der Waals surface area (Å²) in [5.41, 5.74) is 0.368. The van der Waals surface area contributed by atoms with E-state index < -0.39 is 21.2 Å². The highest BCUT2D eigenvalue weighted by Gasteiger charge is 2.24. The van der Waals surface area contributed by atoms with E-state index in [9.17, 15) is 25.5 Å². The van der Waals surface area contributed by atoms with Crippen LogP contribution in [0.3, 0.4) is 0 Å². The molecule has 2 rings (SSSR count). The first-order chi connectivity index (χ1) is 12.2. The van der Waals surface area contributed by atoms with Gasteiger partial charge < -0.3 is 4.90 Å². The molecular formula is C16H14N6O4. The van der Waals surface area contributed by atoms with Gasteiger partial charge in [-0.25, -0.2) is 0 Å². The number of non-ortho nitro benzene ring substituents is 1. The average molecular weight is 354 g/mol. The molecule has 2 aromatic carbocycles. The molecule has 0 aliphatic rings. The molecule has 0 aliphatic heterocycles. The number of nitro groups is 2. The molecule has 132 valence electrons. The monoisotopic (exact) mass is 354 g/mol. The van der Waals surface area contributed by atoms with Crippen LogP contribution in [0.25, 0.3) is 0 Å². The van der Waals surface area contributed by atoms with Crippen molar-refractivity contribution in [1.82, 2.24) is 0 Å². The lowest BCUT2D eigenvalue weighted by atomic mass is 10.1. The quantitative estimate of drug-likeness (QED) is 0.449. The number of nitriles is 1. The van der Waals surface area contributed by atoms with Gasteiger partial charge in [-0.2, -0.15) is 5.26 Å². The minimum atomic E-state index is -0.829. The average Bonchev–Trinajstić information content (AvgIpc) is 2.59. The number of nitro benzene ring substituents is 2. The van der Waals surface area contributed by atoms with Gasteiger partial charge in [-0.05, 0) is 30.7 Å². The molecule has 0 aliphatic carbocycles. The van der Waals surface area contributed by atoms with Gasteiger partial charge in [-0.15, -0.1) is 10.2 Å². The summed E-state index contributed by atoms with van der Waals surface area (Å²) in [5, 5.41) is 39.1. The fraction of sp³-hybridized carbons (Fsp3) is 0.188. The van der Waals surface area contributed by atoms with E-state index in [0.29, 0.717) is 5.69 Å². The Hall–Kier alpha value is -3.87. The summed E-state index contributed by atoms with van der Waals surface area (Å²) in [6.45, 7) is 1.80. The molecule has 0 unspecified atom stereocenters. The maximum absolute atomic E-state index is 11.2. The SMILES string of the molecule is Cc1cc(N(C)C)ccc1N=Nc1c(C#N)cc([N+](=O)[O-])cc1[N+](=O)[O-]. The molecule has 0 aromatic heterocycles. The molecule has 0 saturated carbocycles. The largest absolute Gasteiger partial charge is 0.378 e. The van der Waals surface area contributed by atoms with Crippen molar-refractivity contribution >= 4 is 28.4 Å². The van der Waals surface area contributed by atoms with Gasteiger partial charge in [-0.3, -0.25) is 20.2 Å². The van der Waals surface area contributed by atoms with Gasteiger partial charge >= 0.3 is 5.69 Å². The van der Waals surface area contributed by atoms with Crippen molar-refractivity contribution in [3.05, 3.63) is 61.7 Å². The first kappa shape index (κ1) is 18.5. The smallest absolute Gasteiger partial charge is 0.304 e. The molecule has 0 bridgehead atoms. The standard InChI is InChI=1S/C16H14N6O4/c1-10-6-12(20(2)3)4-5-14(10)18-19-16-11(9-17)7-13(21(23)24)8-15(16)22(25)26/h4-8H,1-3H3. The number of aryl methyl sites for hydroxylation is 1. The fourth-order valence-electron chi connectivity index (χ4n) is 2.17. The van der Waals surface area contributed by atoms with E-state index in [2.05, 4.69) is 10.2 Å². The van der Waals surface area contributed by atoms with Crippen LogP contribution in [0.4, 0.5) is 28.4 Å². The third-order valence-corrected chi connectivity index (χ3v) is 3.56. The Morgan fingerprint density at radius 2 is 1.77 bits per heavy atom. The summed E-state index contributed by atoms with van der Waals surface area (Å²) in [4.78, 5) is 22.4. The molecule has 0 amide bonds. The Morgan fingerprint density at radius 3 is 2.27 bits per heavy atom. The van der Waals surface area contributed by atoms with E-state index in [-0.39, 0.29) is 11.3 Å². The van der Waals surface area contributed by atoms with Gasteiger partial charge in [0.05, 0.1) is 27.2 Å². The third-order valence-electron chi connectivity index (χ3n) is 3.56. The summed E-state index contributed by atoms with van der Waals surface area (Å²) in [6, 6.07) is 8.75. The highest BCUT2D eigenvalue weighted by Crippen LogP contribution is 2.36. The highest BCUT2D eigenvalue weighted by atomic mass is 16.6. The van der Waals surface area contributed by atoms with Gasteiger partial charge in [0.15, 0.2) is 5.69 Å². The van der Waals surface area contributed by atoms with Crippen molar-refractivity contribution in [2.75, 3.05) is 19.0 Å². The molecule has 0 heterocycles. The van der Waals surface area contributed by atoms with Gasteiger partial charge in [0.1, 0.15) is 6.07 Å². The molecule has 0 fully saturated rings. The lowest BCUT2D eigenvalue weighted by Crippen LogP contribution is -2.08. The third kappa shape index (κ3) is 3.78. The second kappa shape index (κ2) is 7.35. The molecule has 0 N–H and O–H groups in total. The van der Waals surface area contributed by atoms with Crippen LogP contribution in [0.2, 0.25) is 0 Å². The number of nitrogens with zero attached hydrogens (tertiary/aromatic N) is 6. The maximum atomic E-state index is 11.2. The van der Waals surface area contributed by atoms with Crippen molar-refractivity contribution < 1.29 is 9.85 Å². The number of anilines is 1. The van der Waals surface area contributed by atoms with Gasteiger partial charge in [-0.1, -0.05) is 0 Å². The molecule has 26 heavy (non-hydrogen) atoms. The molecule has 0 spiro atoms. The zero-order valence-electron chi connectivity index (χ0n) is 14.2.